The fraction of sp³-hybridized carbons (Fsp3) is 0.667. The van der Waals surface area contributed by atoms with Gasteiger partial charge in [-0.05, 0) is 12.5 Å². The van der Waals surface area contributed by atoms with Gasteiger partial charge in [0.2, 0.25) is 6.35 Å². The smallest absolute Gasteiger partial charge is 0.227 e. The first-order valence-corrected chi connectivity index (χ1v) is 4.69. The van der Waals surface area contributed by atoms with E-state index in [2.05, 4.69) is 11.9 Å². The Morgan fingerprint density at radius 2 is 2.38 bits per heavy atom. The number of aliphatic imine (C=N–C) groups is 1. The molecule has 0 aromatic rings. The summed E-state index contributed by atoms with van der Waals surface area (Å²) >= 11 is 0. The Morgan fingerprint density at radius 3 is 3.00 bits per heavy atom. The van der Waals surface area contributed by atoms with Gasteiger partial charge < -0.3 is 15.7 Å². The maximum Gasteiger partial charge on any atom is 0.227 e. The van der Waals surface area contributed by atoms with Crippen LogP contribution in [0.25, 0.3) is 0 Å². The molecule has 0 aromatic heterocycles. The monoisotopic (exact) mass is 183 g/mol. The summed E-state index contributed by atoms with van der Waals surface area (Å²) in [5.74, 6) is 0.388. The van der Waals surface area contributed by atoms with Crippen LogP contribution in [0.1, 0.15) is 26.2 Å². The lowest BCUT2D eigenvalue weighted by Crippen LogP contribution is -2.35. The van der Waals surface area contributed by atoms with Crippen LogP contribution < -0.4 is 5.73 Å². The minimum atomic E-state index is -0.790. The molecule has 0 spiro atoms. The molecule has 1 rings (SSSR count). The molecule has 0 fully saturated rings. The van der Waals surface area contributed by atoms with Gasteiger partial charge in [0.25, 0.3) is 0 Å². The molecule has 74 valence electrons. The van der Waals surface area contributed by atoms with Crippen molar-refractivity contribution in [2.75, 3.05) is 6.54 Å². The van der Waals surface area contributed by atoms with E-state index >= 15 is 0 Å². The highest BCUT2D eigenvalue weighted by atomic mass is 16.3. The Bertz CT molecular complexity index is 213. The third kappa shape index (κ3) is 3.06. The standard InChI is InChI=1S/C9H17N3O/c1-2-3-4-6-12-7-5-8(10)11-9(12)13/h5,7,9,13H,2-4,6H2,1H3,(H2,10,11). The Balaban J connectivity index is 2.32. The molecule has 4 heteroatoms. The fourth-order valence-electron chi connectivity index (χ4n) is 1.23. The zero-order chi connectivity index (χ0) is 9.68. The van der Waals surface area contributed by atoms with Gasteiger partial charge in [-0.1, -0.05) is 19.8 Å². The SMILES string of the molecule is CCCCCN1C=CC(N)=NC1O. The number of nitrogens with two attached hydrogens (primary N) is 1. The molecule has 1 aliphatic rings. The molecule has 0 amide bonds. The highest BCUT2D eigenvalue weighted by Gasteiger charge is 2.13. The van der Waals surface area contributed by atoms with Crippen molar-refractivity contribution in [2.45, 2.75) is 32.5 Å². The van der Waals surface area contributed by atoms with Crippen LogP contribution in [0, 0.1) is 0 Å². The summed E-state index contributed by atoms with van der Waals surface area (Å²) in [6, 6.07) is 0. The van der Waals surface area contributed by atoms with Crippen molar-refractivity contribution in [3.63, 3.8) is 0 Å². The lowest BCUT2D eigenvalue weighted by atomic mass is 10.2. The van der Waals surface area contributed by atoms with E-state index in [4.69, 9.17) is 5.73 Å². The van der Waals surface area contributed by atoms with Crippen molar-refractivity contribution >= 4 is 5.84 Å². The van der Waals surface area contributed by atoms with E-state index in [1.807, 2.05) is 0 Å². The van der Waals surface area contributed by atoms with E-state index in [-0.39, 0.29) is 0 Å². The van der Waals surface area contributed by atoms with Crippen LogP contribution in [0.5, 0.6) is 0 Å². The summed E-state index contributed by atoms with van der Waals surface area (Å²) < 4.78 is 0. The van der Waals surface area contributed by atoms with Crippen molar-refractivity contribution < 1.29 is 5.11 Å². The van der Waals surface area contributed by atoms with E-state index < -0.39 is 6.35 Å². The molecule has 0 saturated carbocycles. The molecule has 1 unspecified atom stereocenters. The highest BCUT2D eigenvalue weighted by molar-refractivity contribution is 5.91. The summed E-state index contributed by atoms with van der Waals surface area (Å²) in [5.41, 5.74) is 5.42. The van der Waals surface area contributed by atoms with Crippen LogP contribution in [0.15, 0.2) is 17.3 Å². The zero-order valence-electron chi connectivity index (χ0n) is 7.98. The average Bonchev–Trinajstić information content (AvgIpc) is 2.09. The maximum absolute atomic E-state index is 9.45. The third-order valence-corrected chi connectivity index (χ3v) is 2.02. The number of nitrogens with zero attached hydrogens (tertiary/aromatic N) is 2. The number of hydrogen-bond acceptors (Lipinski definition) is 4. The second-order valence-corrected chi connectivity index (χ2v) is 3.16. The van der Waals surface area contributed by atoms with Crippen LogP contribution in [-0.2, 0) is 0 Å². The van der Waals surface area contributed by atoms with E-state index in [1.54, 1.807) is 17.2 Å². The Hall–Kier alpha value is -1.03. The van der Waals surface area contributed by atoms with Gasteiger partial charge >= 0.3 is 0 Å². The van der Waals surface area contributed by atoms with Crippen LogP contribution in [0.2, 0.25) is 0 Å². The van der Waals surface area contributed by atoms with E-state index in [1.165, 1.54) is 12.8 Å². The topological polar surface area (TPSA) is 61.8 Å². The van der Waals surface area contributed by atoms with Gasteiger partial charge in [0.05, 0.1) is 0 Å². The van der Waals surface area contributed by atoms with Gasteiger partial charge in [0.15, 0.2) is 0 Å². The third-order valence-electron chi connectivity index (χ3n) is 2.02. The normalized spacial score (nSPS) is 21.8. The Kier molecular flexibility index (Phi) is 3.76. The number of hydrogen-bond donors (Lipinski definition) is 2. The van der Waals surface area contributed by atoms with Gasteiger partial charge in [0.1, 0.15) is 5.84 Å². The van der Waals surface area contributed by atoms with E-state index in [0.29, 0.717) is 5.84 Å². The van der Waals surface area contributed by atoms with Crippen LogP contribution >= 0.6 is 0 Å². The van der Waals surface area contributed by atoms with E-state index in [9.17, 15) is 5.11 Å². The summed E-state index contributed by atoms with van der Waals surface area (Å²) in [7, 11) is 0. The molecule has 1 aliphatic heterocycles. The van der Waals surface area contributed by atoms with Gasteiger partial charge in [-0.15, -0.1) is 0 Å². The molecular weight excluding hydrogens is 166 g/mol. The first-order valence-electron chi connectivity index (χ1n) is 4.69. The molecule has 0 aliphatic carbocycles. The summed E-state index contributed by atoms with van der Waals surface area (Å²) in [6.45, 7) is 2.99. The summed E-state index contributed by atoms with van der Waals surface area (Å²) in [4.78, 5) is 5.62. The van der Waals surface area contributed by atoms with Crippen LogP contribution in [-0.4, -0.2) is 28.7 Å². The Morgan fingerprint density at radius 1 is 1.62 bits per heavy atom. The quantitative estimate of drug-likeness (QED) is 0.629. The first kappa shape index (κ1) is 10.1. The molecule has 0 radical (unpaired) electrons. The van der Waals surface area contributed by atoms with Crippen molar-refractivity contribution in [3.8, 4) is 0 Å². The molecule has 3 N–H and O–H groups in total. The highest BCUT2D eigenvalue weighted by Crippen LogP contribution is 2.07. The number of unbranched alkanes of at least 4 members (excludes halogenated alkanes) is 2. The van der Waals surface area contributed by atoms with Crippen molar-refractivity contribution in [1.29, 1.82) is 0 Å². The van der Waals surface area contributed by atoms with Crippen molar-refractivity contribution in [1.82, 2.24) is 4.90 Å². The molecule has 1 atom stereocenters. The second kappa shape index (κ2) is 4.87. The van der Waals surface area contributed by atoms with Crippen molar-refractivity contribution in [2.24, 2.45) is 10.7 Å². The molecule has 13 heavy (non-hydrogen) atoms. The predicted octanol–water partition coefficient (Wildman–Crippen LogP) is 0.639. The van der Waals surface area contributed by atoms with Crippen LogP contribution in [0.3, 0.4) is 0 Å². The number of rotatable bonds is 4. The molecular formula is C9H17N3O. The second-order valence-electron chi connectivity index (χ2n) is 3.16. The Labute approximate surface area is 78.8 Å². The molecule has 4 nitrogen and oxygen atoms in total. The average molecular weight is 183 g/mol. The molecule has 1 heterocycles. The van der Waals surface area contributed by atoms with Crippen molar-refractivity contribution in [3.05, 3.63) is 12.3 Å². The lowest BCUT2D eigenvalue weighted by molar-refractivity contribution is 0.0429. The largest absolute Gasteiger partial charge is 0.384 e. The van der Waals surface area contributed by atoms with Gasteiger partial charge in [-0.25, -0.2) is 4.99 Å². The summed E-state index contributed by atoms with van der Waals surface area (Å²) in [5, 5.41) is 9.45. The van der Waals surface area contributed by atoms with Gasteiger partial charge in [0, 0.05) is 12.7 Å². The number of aliphatic hydroxyl groups is 1. The van der Waals surface area contributed by atoms with E-state index in [0.717, 1.165) is 13.0 Å². The molecule has 0 saturated heterocycles. The lowest BCUT2D eigenvalue weighted by Gasteiger charge is -2.26. The van der Waals surface area contributed by atoms with Gasteiger partial charge in [-0.3, -0.25) is 0 Å². The molecule has 0 bridgehead atoms. The summed E-state index contributed by atoms with van der Waals surface area (Å²) in [6.07, 6.45) is 6.14. The number of aliphatic hydroxyl groups excluding tert-OH is 1. The zero-order valence-corrected chi connectivity index (χ0v) is 7.98. The van der Waals surface area contributed by atoms with Crippen LogP contribution in [0.4, 0.5) is 0 Å². The minimum Gasteiger partial charge on any atom is -0.384 e. The van der Waals surface area contributed by atoms with Gasteiger partial charge in [-0.2, -0.15) is 0 Å². The number of amidine groups is 1. The maximum atomic E-state index is 9.45. The first-order chi connectivity index (χ1) is 6.24. The minimum absolute atomic E-state index is 0.388. The predicted molar refractivity (Wildman–Crippen MR) is 53.0 cm³/mol. The fourth-order valence-corrected chi connectivity index (χ4v) is 1.23. The molecule has 0 aromatic carbocycles.